The Morgan fingerprint density at radius 1 is 1.17 bits per heavy atom. The molecule has 4 rings (SSSR count). The van der Waals surface area contributed by atoms with Gasteiger partial charge in [-0.15, -0.1) is 0 Å². The second kappa shape index (κ2) is 8.10. The van der Waals surface area contributed by atoms with Gasteiger partial charge in [0.25, 0.3) is 0 Å². The van der Waals surface area contributed by atoms with Crippen LogP contribution in [-0.4, -0.2) is 65.9 Å². The van der Waals surface area contributed by atoms with Gasteiger partial charge in [0.1, 0.15) is 0 Å². The van der Waals surface area contributed by atoms with Crippen LogP contribution in [-0.2, 0) is 4.79 Å². The van der Waals surface area contributed by atoms with Crippen molar-refractivity contribution < 1.29 is 19.8 Å². The fourth-order valence-corrected chi connectivity index (χ4v) is 5.61. The molecule has 30 heavy (non-hydrogen) atoms. The number of carbonyl (C=O) groups excluding carboxylic acids is 1. The summed E-state index contributed by atoms with van der Waals surface area (Å²) in [5.74, 6) is 0.299. The van der Waals surface area contributed by atoms with E-state index < -0.39 is 6.09 Å². The molecule has 1 aromatic rings. The van der Waals surface area contributed by atoms with E-state index in [4.69, 9.17) is 0 Å². The van der Waals surface area contributed by atoms with Gasteiger partial charge in [-0.05, 0) is 75.6 Å². The van der Waals surface area contributed by atoms with Crippen LogP contribution >= 0.6 is 0 Å². The van der Waals surface area contributed by atoms with E-state index >= 15 is 0 Å². The molecule has 1 spiro atoms. The molecule has 3 fully saturated rings. The molecule has 7 heteroatoms. The number of likely N-dealkylation sites (tertiary alicyclic amines) is 1. The second-order valence-electron chi connectivity index (χ2n) is 9.33. The Morgan fingerprint density at radius 3 is 2.57 bits per heavy atom. The topological polar surface area (TPSA) is 84.3 Å². The van der Waals surface area contributed by atoms with Gasteiger partial charge in [-0.2, -0.15) is 0 Å². The lowest BCUT2D eigenvalue weighted by molar-refractivity contribution is -0.139. The Balaban J connectivity index is 1.49. The SMILES string of the molecule is Cc1cc(N2CCCC3(CCN([C@H]4CC[C@H](O)CC4)C3=O)C2)ccc1N(C)C(=O)O. The van der Waals surface area contributed by atoms with Crippen LogP contribution in [0.2, 0.25) is 0 Å². The van der Waals surface area contributed by atoms with E-state index in [2.05, 4.69) is 9.80 Å². The second-order valence-corrected chi connectivity index (χ2v) is 9.33. The van der Waals surface area contributed by atoms with E-state index in [1.54, 1.807) is 7.05 Å². The van der Waals surface area contributed by atoms with Gasteiger partial charge in [-0.3, -0.25) is 9.69 Å². The number of carboxylic acid groups (broad SMARTS) is 1. The van der Waals surface area contributed by atoms with Crippen molar-refractivity contribution in [2.24, 2.45) is 5.41 Å². The molecule has 7 nitrogen and oxygen atoms in total. The van der Waals surface area contributed by atoms with Gasteiger partial charge in [-0.1, -0.05) is 0 Å². The maximum atomic E-state index is 13.5. The van der Waals surface area contributed by atoms with Gasteiger partial charge in [0.05, 0.1) is 11.5 Å². The van der Waals surface area contributed by atoms with Gasteiger partial charge in [0, 0.05) is 44.1 Å². The predicted molar refractivity (Wildman–Crippen MR) is 116 cm³/mol. The number of aryl methyl sites for hydroxylation is 1. The minimum Gasteiger partial charge on any atom is -0.465 e. The lowest BCUT2D eigenvalue weighted by atomic mass is 9.78. The lowest BCUT2D eigenvalue weighted by Crippen LogP contribution is -2.50. The Morgan fingerprint density at radius 2 is 1.90 bits per heavy atom. The van der Waals surface area contributed by atoms with E-state index in [0.717, 1.165) is 75.8 Å². The smallest absolute Gasteiger partial charge is 0.411 e. The molecule has 0 radical (unpaired) electrons. The van der Waals surface area contributed by atoms with Crippen LogP contribution in [0.3, 0.4) is 0 Å². The largest absolute Gasteiger partial charge is 0.465 e. The van der Waals surface area contributed by atoms with Gasteiger partial charge in [0.2, 0.25) is 5.91 Å². The minimum absolute atomic E-state index is 0.204. The summed E-state index contributed by atoms with van der Waals surface area (Å²) in [4.78, 5) is 30.4. The van der Waals surface area contributed by atoms with E-state index in [-0.39, 0.29) is 17.6 Å². The van der Waals surface area contributed by atoms with Gasteiger partial charge in [0.15, 0.2) is 0 Å². The van der Waals surface area contributed by atoms with Crippen molar-refractivity contribution in [3.05, 3.63) is 23.8 Å². The first-order chi connectivity index (χ1) is 14.3. The number of amides is 2. The summed E-state index contributed by atoms with van der Waals surface area (Å²) >= 11 is 0. The Kier molecular flexibility index (Phi) is 5.66. The van der Waals surface area contributed by atoms with E-state index in [0.29, 0.717) is 11.6 Å². The Labute approximate surface area is 178 Å². The first-order valence-electron chi connectivity index (χ1n) is 11.1. The summed E-state index contributed by atoms with van der Waals surface area (Å²) in [6, 6.07) is 6.15. The van der Waals surface area contributed by atoms with Crippen LogP contribution in [0, 0.1) is 12.3 Å². The molecule has 0 aromatic heterocycles. The number of carbonyl (C=O) groups is 2. The molecule has 2 N–H and O–H groups in total. The average Bonchev–Trinajstić information content (AvgIpc) is 3.03. The Hall–Kier alpha value is -2.28. The molecule has 2 heterocycles. The number of aliphatic hydroxyl groups is 1. The summed E-state index contributed by atoms with van der Waals surface area (Å²) in [7, 11) is 1.55. The van der Waals surface area contributed by atoms with Crippen molar-refractivity contribution >= 4 is 23.4 Å². The van der Waals surface area contributed by atoms with Gasteiger partial charge >= 0.3 is 6.09 Å². The molecule has 1 atom stereocenters. The molecule has 1 aliphatic carbocycles. The van der Waals surface area contributed by atoms with Crippen LogP contribution in [0.5, 0.6) is 0 Å². The monoisotopic (exact) mass is 415 g/mol. The number of aliphatic hydroxyl groups excluding tert-OH is 1. The van der Waals surface area contributed by atoms with Crippen LogP contribution in [0.4, 0.5) is 16.2 Å². The molecule has 3 aliphatic rings. The number of nitrogens with zero attached hydrogens (tertiary/aromatic N) is 3. The highest BCUT2D eigenvalue weighted by Gasteiger charge is 2.50. The molecular formula is C23H33N3O4. The highest BCUT2D eigenvalue weighted by Crippen LogP contribution is 2.43. The summed E-state index contributed by atoms with van der Waals surface area (Å²) in [6.45, 7) is 4.40. The van der Waals surface area contributed by atoms with Crippen LogP contribution in [0.1, 0.15) is 50.5 Å². The summed E-state index contributed by atoms with van der Waals surface area (Å²) < 4.78 is 0. The lowest BCUT2D eigenvalue weighted by Gasteiger charge is -2.41. The maximum Gasteiger partial charge on any atom is 0.411 e. The molecule has 1 aromatic carbocycles. The number of piperidine rings is 1. The van der Waals surface area contributed by atoms with Crippen LogP contribution in [0.15, 0.2) is 18.2 Å². The van der Waals surface area contributed by atoms with Crippen LogP contribution < -0.4 is 9.80 Å². The molecular weight excluding hydrogens is 382 g/mol. The van der Waals surface area contributed by atoms with E-state index in [1.807, 2.05) is 25.1 Å². The number of hydrogen-bond donors (Lipinski definition) is 2. The van der Waals surface area contributed by atoms with Crippen molar-refractivity contribution in [3.8, 4) is 0 Å². The zero-order valence-corrected chi connectivity index (χ0v) is 18.0. The zero-order valence-electron chi connectivity index (χ0n) is 18.0. The first-order valence-corrected chi connectivity index (χ1v) is 11.1. The van der Waals surface area contributed by atoms with E-state index in [1.165, 1.54) is 4.90 Å². The fraction of sp³-hybridized carbons (Fsp3) is 0.652. The normalized spacial score (nSPS) is 29.5. The van der Waals surface area contributed by atoms with Crippen molar-refractivity contribution in [1.82, 2.24) is 4.90 Å². The van der Waals surface area contributed by atoms with Gasteiger partial charge < -0.3 is 20.0 Å². The fourth-order valence-electron chi connectivity index (χ4n) is 5.61. The highest BCUT2D eigenvalue weighted by molar-refractivity contribution is 5.87. The third-order valence-corrected chi connectivity index (χ3v) is 7.42. The first kappa shape index (κ1) is 21.0. The summed E-state index contributed by atoms with van der Waals surface area (Å²) in [5, 5.41) is 19.1. The van der Waals surface area contributed by atoms with E-state index in [9.17, 15) is 19.8 Å². The van der Waals surface area contributed by atoms with Crippen molar-refractivity contribution in [3.63, 3.8) is 0 Å². The average molecular weight is 416 g/mol. The van der Waals surface area contributed by atoms with Crippen molar-refractivity contribution in [2.75, 3.05) is 36.5 Å². The molecule has 2 saturated heterocycles. The van der Waals surface area contributed by atoms with Crippen molar-refractivity contribution in [2.45, 2.75) is 64.0 Å². The third-order valence-electron chi connectivity index (χ3n) is 7.42. The third kappa shape index (κ3) is 3.75. The number of anilines is 2. The number of hydrogen-bond acceptors (Lipinski definition) is 4. The molecule has 1 unspecified atom stereocenters. The maximum absolute atomic E-state index is 13.5. The number of rotatable bonds is 3. The summed E-state index contributed by atoms with van der Waals surface area (Å²) in [6.07, 6.45) is 5.05. The summed E-state index contributed by atoms with van der Waals surface area (Å²) in [5.41, 5.74) is 2.34. The number of benzene rings is 1. The van der Waals surface area contributed by atoms with Crippen molar-refractivity contribution in [1.29, 1.82) is 0 Å². The minimum atomic E-state index is -0.977. The molecule has 1 saturated carbocycles. The molecule has 0 bridgehead atoms. The molecule has 2 aliphatic heterocycles. The van der Waals surface area contributed by atoms with Crippen LogP contribution in [0.25, 0.3) is 0 Å². The predicted octanol–water partition coefficient (Wildman–Crippen LogP) is 3.23. The quantitative estimate of drug-likeness (QED) is 0.792. The molecule has 2 amide bonds. The Bertz CT molecular complexity index is 821. The van der Waals surface area contributed by atoms with Gasteiger partial charge in [-0.25, -0.2) is 4.79 Å². The highest BCUT2D eigenvalue weighted by atomic mass is 16.4. The standard InChI is InChI=1S/C23H33N3O4/c1-16-14-18(6-9-20(16)24(2)22(29)30)25-12-3-10-23(15-25)11-13-26(21(23)28)17-4-7-19(27)8-5-17/h6,9,14,17,19,27H,3-5,7-8,10-13,15H2,1-2H3,(H,29,30)/t17-,19-,23?. The zero-order chi connectivity index (χ0) is 21.5. The molecule has 164 valence electrons.